The van der Waals surface area contributed by atoms with Crippen molar-refractivity contribution in [2.75, 3.05) is 7.05 Å². The zero-order valence-electron chi connectivity index (χ0n) is 12.9. The number of nitrogens with one attached hydrogen (secondary N) is 1. The molecule has 4 nitrogen and oxygen atoms in total. The number of Topliss-reactive ketones (excluding diaryl/α,β-unsaturated/α-hetero) is 1. The third kappa shape index (κ3) is 3.05. The van der Waals surface area contributed by atoms with Gasteiger partial charge in [0, 0.05) is 24.8 Å². The van der Waals surface area contributed by atoms with Gasteiger partial charge in [-0.15, -0.1) is 0 Å². The lowest BCUT2D eigenvalue weighted by molar-refractivity contribution is 0.0779. The maximum atomic E-state index is 12.5. The highest BCUT2D eigenvalue weighted by molar-refractivity contribution is 6.02. The van der Waals surface area contributed by atoms with Crippen molar-refractivity contribution < 1.29 is 9.59 Å². The van der Waals surface area contributed by atoms with Gasteiger partial charge in [-0.05, 0) is 31.9 Å². The van der Waals surface area contributed by atoms with E-state index in [2.05, 4.69) is 4.98 Å². The number of aryl methyl sites for hydroxylation is 1. The average Bonchev–Trinajstić information content (AvgIpc) is 2.74. The highest BCUT2D eigenvalue weighted by Crippen LogP contribution is 2.20. The van der Waals surface area contributed by atoms with Crippen LogP contribution in [0.15, 0.2) is 30.3 Å². The van der Waals surface area contributed by atoms with Gasteiger partial charge in [-0.25, -0.2) is 0 Å². The molecule has 0 fully saturated rings. The third-order valence-electron chi connectivity index (χ3n) is 3.61. The summed E-state index contributed by atoms with van der Waals surface area (Å²) in [5.41, 5.74) is 3.66. The van der Waals surface area contributed by atoms with E-state index in [1.165, 1.54) is 6.92 Å². The Hall–Kier alpha value is -2.36. The number of rotatable bonds is 4. The Morgan fingerprint density at radius 1 is 1.14 bits per heavy atom. The minimum atomic E-state index is -0.105. The SMILES string of the molecule is CC(=O)c1c(C)[nH]c(C(=O)N(C)Cc2ccccc2)c1C. The van der Waals surface area contributed by atoms with Gasteiger partial charge in [0.15, 0.2) is 5.78 Å². The van der Waals surface area contributed by atoms with E-state index in [0.29, 0.717) is 17.8 Å². The van der Waals surface area contributed by atoms with Gasteiger partial charge in [0.2, 0.25) is 0 Å². The summed E-state index contributed by atoms with van der Waals surface area (Å²) in [5.74, 6) is -0.127. The van der Waals surface area contributed by atoms with Crippen LogP contribution in [0.3, 0.4) is 0 Å². The average molecular weight is 284 g/mol. The zero-order valence-corrected chi connectivity index (χ0v) is 12.9. The summed E-state index contributed by atoms with van der Waals surface area (Å²) < 4.78 is 0. The zero-order chi connectivity index (χ0) is 15.6. The summed E-state index contributed by atoms with van der Waals surface area (Å²) in [6.07, 6.45) is 0. The molecular weight excluding hydrogens is 264 g/mol. The van der Waals surface area contributed by atoms with Gasteiger partial charge >= 0.3 is 0 Å². The number of ketones is 1. The molecule has 21 heavy (non-hydrogen) atoms. The summed E-state index contributed by atoms with van der Waals surface area (Å²) in [6, 6.07) is 9.81. The second-order valence-electron chi connectivity index (χ2n) is 5.33. The molecule has 1 aromatic carbocycles. The monoisotopic (exact) mass is 284 g/mol. The van der Waals surface area contributed by atoms with Crippen LogP contribution in [0.25, 0.3) is 0 Å². The van der Waals surface area contributed by atoms with Crippen molar-refractivity contribution in [1.29, 1.82) is 0 Å². The first kappa shape index (κ1) is 15.0. The van der Waals surface area contributed by atoms with Gasteiger partial charge in [0.25, 0.3) is 5.91 Å². The number of carbonyl (C=O) groups is 2. The first-order valence-corrected chi connectivity index (χ1v) is 6.91. The number of H-pyrrole nitrogens is 1. The predicted molar refractivity (Wildman–Crippen MR) is 82.5 cm³/mol. The quantitative estimate of drug-likeness (QED) is 0.877. The van der Waals surface area contributed by atoms with Gasteiger partial charge < -0.3 is 9.88 Å². The van der Waals surface area contributed by atoms with E-state index in [4.69, 9.17) is 0 Å². The third-order valence-corrected chi connectivity index (χ3v) is 3.61. The molecule has 0 aliphatic carbocycles. The molecule has 2 rings (SSSR count). The minimum absolute atomic E-state index is 0.0222. The number of hydrogen-bond acceptors (Lipinski definition) is 2. The molecule has 0 unspecified atom stereocenters. The van der Waals surface area contributed by atoms with Gasteiger partial charge in [0.1, 0.15) is 5.69 Å². The normalized spacial score (nSPS) is 10.5. The molecule has 4 heteroatoms. The maximum absolute atomic E-state index is 12.5. The van der Waals surface area contributed by atoms with Crippen molar-refractivity contribution in [3.63, 3.8) is 0 Å². The lowest BCUT2D eigenvalue weighted by atomic mass is 10.1. The molecule has 0 saturated carbocycles. The van der Waals surface area contributed by atoms with Crippen LogP contribution in [0.1, 0.15) is 44.6 Å². The summed E-state index contributed by atoms with van der Waals surface area (Å²) >= 11 is 0. The number of aromatic amines is 1. The number of hydrogen-bond donors (Lipinski definition) is 1. The Balaban J connectivity index is 2.24. The largest absolute Gasteiger partial charge is 0.354 e. The van der Waals surface area contributed by atoms with E-state index >= 15 is 0 Å². The topological polar surface area (TPSA) is 53.2 Å². The summed E-state index contributed by atoms with van der Waals surface area (Å²) in [5, 5.41) is 0. The predicted octanol–water partition coefficient (Wildman–Crippen LogP) is 3.11. The highest BCUT2D eigenvalue weighted by Gasteiger charge is 2.22. The standard InChI is InChI=1S/C17H20N2O2/c1-11-15(13(3)20)12(2)18-16(11)17(21)19(4)10-14-8-6-5-7-9-14/h5-9,18H,10H2,1-4H3. The van der Waals surface area contributed by atoms with E-state index < -0.39 is 0 Å². The molecule has 1 N–H and O–H groups in total. The second-order valence-corrected chi connectivity index (χ2v) is 5.33. The van der Waals surface area contributed by atoms with Crippen molar-refractivity contribution in [2.45, 2.75) is 27.3 Å². The Labute approximate surface area is 124 Å². The molecule has 0 radical (unpaired) electrons. The number of benzene rings is 1. The van der Waals surface area contributed by atoms with Crippen LogP contribution < -0.4 is 0 Å². The van der Waals surface area contributed by atoms with Gasteiger partial charge in [-0.3, -0.25) is 9.59 Å². The molecule has 0 atom stereocenters. The fraction of sp³-hybridized carbons (Fsp3) is 0.294. The van der Waals surface area contributed by atoms with Crippen LogP contribution >= 0.6 is 0 Å². The first-order chi connectivity index (χ1) is 9.91. The van der Waals surface area contributed by atoms with Crippen molar-refractivity contribution in [1.82, 2.24) is 9.88 Å². The fourth-order valence-electron chi connectivity index (χ4n) is 2.61. The molecule has 2 aromatic rings. The van der Waals surface area contributed by atoms with E-state index in [9.17, 15) is 9.59 Å². The smallest absolute Gasteiger partial charge is 0.270 e. The molecular formula is C17H20N2O2. The van der Waals surface area contributed by atoms with E-state index in [-0.39, 0.29) is 11.7 Å². The first-order valence-electron chi connectivity index (χ1n) is 6.91. The van der Waals surface area contributed by atoms with Crippen molar-refractivity contribution in [3.05, 3.63) is 58.4 Å². The summed E-state index contributed by atoms with van der Waals surface area (Å²) in [7, 11) is 1.76. The minimum Gasteiger partial charge on any atom is -0.354 e. The van der Waals surface area contributed by atoms with Gasteiger partial charge in [-0.1, -0.05) is 30.3 Å². The molecule has 110 valence electrons. The van der Waals surface area contributed by atoms with Crippen LogP contribution in [-0.2, 0) is 6.54 Å². The van der Waals surface area contributed by atoms with Crippen molar-refractivity contribution >= 4 is 11.7 Å². The Kier molecular flexibility index (Phi) is 4.26. The lowest BCUT2D eigenvalue weighted by Gasteiger charge is -2.17. The number of nitrogens with zero attached hydrogens (tertiary/aromatic N) is 1. The highest BCUT2D eigenvalue weighted by atomic mass is 16.2. The molecule has 0 aliphatic rings. The number of carbonyl (C=O) groups excluding carboxylic acids is 2. The van der Waals surface area contributed by atoms with E-state index in [1.807, 2.05) is 44.2 Å². The second kappa shape index (κ2) is 5.95. The van der Waals surface area contributed by atoms with E-state index in [1.54, 1.807) is 11.9 Å². The molecule has 0 bridgehead atoms. The molecule has 1 aromatic heterocycles. The number of amides is 1. The number of aromatic nitrogens is 1. The Morgan fingerprint density at radius 2 is 1.76 bits per heavy atom. The Morgan fingerprint density at radius 3 is 2.29 bits per heavy atom. The van der Waals surface area contributed by atoms with Crippen LogP contribution in [0, 0.1) is 13.8 Å². The van der Waals surface area contributed by atoms with Crippen LogP contribution in [-0.4, -0.2) is 28.6 Å². The van der Waals surface area contributed by atoms with Crippen LogP contribution in [0.5, 0.6) is 0 Å². The fourth-order valence-corrected chi connectivity index (χ4v) is 2.61. The molecule has 0 aliphatic heterocycles. The lowest BCUT2D eigenvalue weighted by Crippen LogP contribution is -2.27. The van der Waals surface area contributed by atoms with Crippen LogP contribution in [0.4, 0.5) is 0 Å². The molecule has 1 amide bonds. The van der Waals surface area contributed by atoms with Gasteiger partial charge in [0.05, 0.1) is 0 Å². The molecule has 1 heterocycles. The Bertz CT molecular complexity index is 672. The van der Waals surface area contributed by atoms with Crippen molar-refractivity contribution in [2.24, 2.45) is 0 Å². The summed E-state index contributed by atoms with van der Waals surface area (Å²) in [6.45, 7) is 5.68. The molecule has 0 spiro atoms. The van der Waals surface area contributed by atoms with Crippen molar-refractivity contribution in [3.8, 4) is 0 Å². The summed E-state index contributed by atoms with van der Waals surface area (Å²) in [4.78, 5) is 28.9. The van der Waals surface area contributed by atoms with Crippen LogP contribution in [0.2, 0.25) is 0 Å². The molecule has 0 saturated heterocycles. The van der Waals surface area contributed by atoms with E-state index in [0.717, 1.165) is 16.8 Å². The van der Waals surface area contributed by atoms with Gasteiger partial charge in [-0.2, -0.15) is 0 Å². The maximum Gasteiger partial charge on any atom is 0.270 e.